The molecule has 0 aliphatic heterocycles. The number of ketones is 1. The molecule has 0 unspecified atom stereocenters. The molecule has 2 aromatic rings. The summed E-state index contributed by atoms with van der Waals surface area (Å²) in [5.74, 6) is -4.84. The molecule has 4 N–H and O–H groups in total. The molecule has 2 aromatic carbocycles. The molecule has 0 bridgehead atoms. The van der Waals surface area contributed by atoms with Crippen molar-refractivity contribution in [3.63, 3.8) is 0 Å². The minimum atomic E-state index is -1.61. The van der Waals surface area contributed by atoms with Crippen LogP contribution in [0.3, 0.4) is 0 Å². The van der Waals surface area contributed by atoms with E-state index in [0.29, 0.717) is 6.07 Å². The third kappa shape index (κ3) is 2.14. The van der Waals surface area contributed by atoms with Crippen LogP contribution in [-0.4, -0.2) is 32.2 Å². The first kappa shape index (κ1) is 13.4. The van der Waals surface area contributed by atoms with Crippen molar-refractivity contribution in [1.82, 2.24) is 0 Å². The topological polar surface area (TPSA) is 115 Å². The van der Waals surface area contributed by atoms with Gasteiger partial charge in [0.15, 0.2) is 0 Å². The summed E-state index contributed by atoms with van der Waals surface area (Å²) in [5.41, 5.74) is -1.23. The van der Waals surface area contributed by atoms with Crippen LogP contribution in [0.5, 0.6) is 17.2 Å². The van der Waals surface area contributed by atoms with E-state index in [-0.39, 0.29) is 5.56 Å². The quantitative estimate of drug-likeness (QED) is 0.633. The second-order valence-electron chi connectivity index (χ2n) is 4.01. The van der Waals surface area contributed by atoms with E-state index in [2.05, 4.69) is 0 Å². The van der Waals surface area contributed by atoms with Gasteiger partial charge in [-0.05, 0) is 0 Å². The second-order valence-corrected chi connectivity index (χ2v) is 4.01. The first-order valence-electron chi connectivity index (χ1n) is 5.54. The summed E-state index contributed by atoms with van der Waals surface area (Å²) in [6.45, 7) is 0. The number of rotatable bonds is 3. The summed E-state index contributed by atoms with van der Waals surface area (Å²) in [6, 6.07) is 8.46. The number of carbonyl (C=O) groups is 2. The number of aromatic hydroxyl groups is 3. The Kier molecular flexibility index (Phi) is 3.30. The predicted molar refractivity (Wildman–Crippen MR) is 68.3 cm³/mol. The fourth-order valence-electron chi connectivity index (χ4n) is 1.81. The van der Waals surface area contributed by atoms with Crippen LogP contribution in [0.2, 0.25) is 0 Å². The van der Waals surface area contributed by atoms with Gasteiger partial charge in [0, 0.05) is 11.6 Å². The molecular formula is C14H10O6. The largest absolute Gasteiger partial charge is 0.507 e. The Hall–Kier alpha value is -3.02. The van der Waals surface area contributed by atoms with Crippen molar-refractivity contribution in [3.05, 3.63) is 53.1 Å². The lowest BCUT2D eigenvalue weighted by atomic mass is 9.98. The van der Waals surface area contributed by atoms with Gasteiger partial charge in [-0.15, -0.1) is 0 Å². The summed E-state index contributed by atoms with van der Waals surface area (Å²) in [7, 11) is 0. The number of carboxylic acid groups (broad SMARTS) is 1. The van der Waals surface area contributed by atoms with E-state index in [1.54, 1.807) is 18.2 Å². The van der Waals surface area contributed by atoms with Crippen molar-refractivity contribution in [1.29, 1.82) is 0 Å². The summed E-state index contributed by atoms with van der Waals surface area (Å²) in [5, 5.41) is 37.8. The maximum Gasteiger partial charge on any atom is 0.343 e. The van der Waals surface area contributed by atoms with E-state index in [1.165, 1.54) is 12.1 Å². The zero-order valence-corrected chi connectivity index (χ0v) is 10.1. The Balaban J connectivity index is 2.66. The third-order valence-electron chi connectivity index (χ3n) is 2.74. The van der Waals surface area contributed by atoms with E-state index in [1.807, 2.05) is 0 Å². The number of hydrogen-bond acceptors (Lipinski definition) is 5. The van der Waals surface area contributed by atoms with Crippen molar-refractivity contribution < 1.29 is 30.0 Å². The molecule has 2 rings (SSSR count). The Labute approximate surface area is 113 Å². The Bertz CT molecular complexity index is 691. The van der Waals surface area contributed by atoms with Crippen molar-refractivity contribution in [2.75, 3.05) is 0 Å². The van der Waals surface area contributed by atoms with Crippen LogP contribution in [0, 0.1) is 0 Å². The lowest BCUT2D eigenvalue weighted by Crippen LogP contribution is -2.06. The minimum absolute atomic E-state index is 0.167. The highest BCUT2D eigenvalue weighted by Gasteiger charge is 2.26. The first-order valence-corrected chi connectivity index (χ1v) is 5.54. The fraction of sp³-hybridized carbons (Fsp3) is 0. The molecule has 6 heteroatoms. The van der Waals surface area contributed by atoms with E-state index < -0.39 is 40.1 Å². The molecule has 0 heterocycles. The van der Waals surface area contributed by atoms with E-state index in [4.69, 9.17) is 5.11 Å². The number of phenolic OH excluding ortho intramolecular Hbond substituents is 1. The highest BCUT2D eigenvalue weighted by Crippen LogP contribution is 2.38. The Morgan fingerprint density at radius 2 is 1.40 bits per heavy atom. The highest BCUT2D eigenvalue weighted by atomic mass is 16.4. The van der Waals surface area contributed by atoms with Gasteiger partial charge in [0.1, 0.15) is 28.4 Å². The number of benzene rings is 2. The molecule has 0 amide bonds. The van der Waals surface area contributed by atoms with E-state index in [0.717, 1.165) is 0 Å². The molecule has 0 aliphatic carbocycles. The van der Waals surface area contributed by atoms with Crippen molar-refractivity contribution in [2.45, 2.75) is 0 Å². The zero-order valence-electron chi connectivity index (χ0n) is 10.1. The van der Waals surface area contributed by atoms with Gasteiger partial charge in [0.2, 0.25) is 5.78 Å². The third-order valence-corrected chi connectivity index (χ3v) is 2.74. The number of hydrogen-bond donors (Lipinski definition) is 4. The smallest absolute Gasteiger partial charge is 0.343 e. The molecule has 0 atom stereocenters. The van der Waals surface area contributed by atoms with Gasteiger partial charge >= 0.3 is 5.97 Å². The Morgan fingerprint density at radius 1 is 0.850 bits per heavy atom. The molecule has 6 nitrogen and oxygen atoms in total. The van der Waals surface area contributed by atoms with Crippen LogP contribution in [0.1, 0.15) is 26.3 Å². The number of phenols is 3. The van der Waals surface area contributed by atoms with Crippen LogP contribution in [-0.2, 0) is 0 Å². The average molecular weight is 274 g/mol. The Morgan fingerprint density at radius 3 is 1.95 bits per heavy atom. The lowest BCUT2D eigenvalue weighted by molar-refractivity contribution is 0.0690. The lowest BCUT2D eigenvalue weighted by Gasteiger charge is -2.10. The molecule has 0 spiro atoms. The van der Waals surface area contributed by atoms with Crippen LogP contribution in [0.25, 0.3) is 0 Å². The molecule has 0 radical (unpaired) electrons. The van der Waals surface area contributed by atoms with Crippen LogP contribution in [0.4, 0.5) is 0 Å². The first-order chi connectivity index (χ1) is 9.43. The van der Waals surface area contributed by atoms with Gasteiger partial charge in [0.05, 0.1) is 0 Å². The zero-order chi connectivity index (χ0) is 14.9. The molecular weight excluding hydrogens is 264 g/mol. The summed E-state index contributed by atoms with van der Waals surface area (Å²) in [6.07, 6.45) is 0. The molecule has 0 aromatic heterocycles. The van der Waals surface area contributed by atoms with Gasteiger partial charge in [0.25, 0.3) is 0 Å². The predicted octanol–water partition coefficient (Wildman–Crippen LogP) is 1.73. The van der Waals surface area contributed by atoms with Crippen LogP contribution in [0.15, 0.2) is 36.4 Å². The van der Waals surface area contributed by atoms with Crippen molar-refractivity contribution >= 4 is 11.8 Å². The number of carbonyl (C=O) groups excluding carboxylic acids is 1. The maximum atomic E-state index is 12.2. The van der Waals surface area contributed by atoms with Crippen LogP contribution < -0.4 is 0 Å². The molecule has 0 saturated carbocycles. The normalized spacial score (nSPS) is 10.2. The van der Waals surface area contributed by atoms with E-state index >= 15 is 0 Å². The van der Waals surface area contributed by atoms with Crippen molar-refractivity contribution in [3.8, 4) is 17.2 Å². The van der Waals surface area contributed by atoms with Gasteiger partial charge in [-0.25, -0.2) is 4.79 Å². The molecule has 0 saturated heterocycles. The standard InChI is InChI=1S/C14H10O6/c15-8-6-9(16)11(14(19)20)13(18)10(8)12(17)7-4-2-1-3-5-7/h1-6,15-16,18H,(H,19,20). The summed E-state index contributed by atoms with van der Waals surface area (Å²) < 4.78 is 0. The number of aromatic carboxylic acids is 1. The van der Waals surface area contributed by atoms with Gasteiger partial charge in [-0.3, -0.25) is 4.79 Å². The molecule has 0 aliphatic rings. The van der Waals surface area contributed by atoms with Gasteiger partial charge in [-0.2, -0.15) is 0 Å². The fourth-order valence-corrected chi connectivity index (χ4v) is 1.81. The average Bonchev–Trinajstić information content (AvgIpc) is 2.38. The molecule has 102 valence electrons. The molecule has 20 heavy (non-hydrogen) atoms. The second kappa shape index (κ2) is 4.93. The SMILES string of the molecule is O=C(O)c1c(O)cc(O)c(C(=O)c2ccccc2)c1O. The summed E-state index contributed by atoms with van der Waals surface area (Å²) >= 11 is 0. The maximum absolute atomic E-state index is 12.2. The monoisotopic (exact) mass is 274 g/mol. The van der Waals surface area contributed by atoms with Crippen LogP contribution >= 0.6 is 0 Å². The molecule has 0 fully saturated rings. The van der Waals surface area contributed by atoms with Gasteiger partial charge < -0.3 is 20.4 Å². The van der Waals surface area contributed by atoms with E-state index in [9.17, 15) is 24.9 Å². The number of carboxylic acids is 1. The summed E-state index contributed by atoms with van der Waals surface area (Å²) in [4.78, 5) is 23.1. The van der Waals surface area contributed by atoms with Crippen molar-refractivity contribution in [2.24, 2.45) is 0 Å². The minimum Gasteiger partial charge on any atom is -0.507 e. The highest BCUT2D eigenvalue weighted by molar-refractivity contribution is 6.14. The van der Waals surface area contributed by atoms with Gasteiger partial charge in [-0.1, -0.05) is 30.3 Å².